The molecule has 1 aliphatic rings. The second-order valence-corrected chi connectivity index (χ2v) is 10.6. The first-order valence-electron chi connectivity index (χ1n) is 15.1. The summed E-state index contributed by atoms with van der Waals surface area (Å²) in [5.41, 5.74) is -1.36. The number of hydrogen-bond acceptors (Lipinski definition) is 5. The van der Waals surface area contributed by atoms with Crippen molar-refractivity contribution in [2.24, 2.45) is 5.92 Å². The summed E-state index contributed by atoms with van der Waals surface area (Å²) in [6.45, 7) is 4.60. The number of aliphatic carboxylic acids is 1. The Morgan fingerprint density at radius 3 is 2.02 bits per heavy atom. The molecule has 1 aromatic rings. The zero-order valence-electron chi connectivity index (χ0n) is 24.3. The lowest BCUT2D eigenvalue weighted by atomic mass is 9.83. The molecule has 40 heavy (non-hydrogen) atoms. The van der Waals surface area contributed by atoms with E-state index in [1.165, 1.54) is 57.1 Å². The summed E-state index contributed by atoms with van der Waals surface area (Å²) in [5, 5.41) is 9.38. The normalized spacial score (nSPS) is 18.3. The summed E-state index contributed by atoms with van der Waals surface area (Å²) in [4.78, 5) is 37.5. The summed E-state index contributed by atoms with van der Waals surface area (Å²) < 4.78 is 26.4. The molecule has 0 bridgehead atoms. The average molecular weight is 559 g/mol. The van der Waals surface area contributed by atoms with Crippen LogP contribution in [0.1, 0.15) is 126 Å². The third-order valence-corrected chi connectivity index (χ3v) is 7.27. The van der Waals surface area contributed by atoms with Gasteiger partial charge < -0.3 is 14.6 Å². The van der Waals surface area contributed by atoms with Gasteiger partial charge in [0.1, 0.15) is 11.7 Å². The number of benzene rings is 1. The van der Waals surface area contributed by atoms with Gasteiger partial charge in [-0.25, -0.2) is 9.18 Å². The lowest BCUT2D eigenvalue weighted by Gasteiger charge is -2.32. The van der Waals surface area contributed by atoms with E-state index < -0.39 is 35.3 Å². The van der Waals surface area contributed by atoms with Gasteiger partial charge in [-0.1, -0.05) is 115 Å². The summed E-state index contributed by atoms with van der Waals surface area (Å²) in [5.74, 6) is -4.92. The fourth-order valence-electron chi connectivity index (χ4n) is 4.93. The van der Waals surface area contributed by atoms with Crippen molar-refractivity contribution < 1.29 is 33.4 Å². The molecule has 6 nitrogen and oxygen atoms in total. The van der Waals surface area contributed by atoms with E-state index in [2.05, 4.69) is 13.8 Å². The van der Waals surface area contributed by atoms with Crippen LogP contribution >= 0.6 is 0 Å². The second-order valence-electron chi connectivity index (χ2n) is 10.6. The number of hydrogen-bond donors (Lipinski definition) is 1. The molecule has 0 saturated heterocycles. The molecule has 0 heterocycles. The van der Waals surface area contributed by atoms with Crippen molar-refractivity contribution >= 4 is 17.9 Å². The molecule has 0 saturated carbocycles. The minimum absolute atomic E-state index is 0.145. The van der Waals surface area contributed by atoms with Gasteiger partial charge in [-0.3, -0.25) is 9.59 Å². The third-order valence-electron chi connectivity index (χ3n) is 7.27. The molecule has 1 aromatic carbocycles. The Kier molecular flexibility index (Phi) is 15.3. The van der Waals surface area contributed by atoms with E-state index in [1.54, 1.807) is 24.3 Å². The largest absolute Gasteiger partial charge is 0.480 e. The molecule has 0 aromatic heterocycles. The molecule has 2 atom stereocenters. The Labute approximate surface area is 239 Å². The summed E-state index contributed by atoms with van der Waals surface area (Å²) >= 11 is 0. The number of carboxylic acid groups (broad SMARTS) is 1. The molecule has 222 valence electrons. The first-order valence-corrected chi connectivity index (χ1v) is 15.1. The molecule has 2 unspecified atom stereocenters. The van der Waals surface area contributed by atoms with Crippen molar-refractivity contribution in [3.05, 3.63) is 59.4 Å². The standard InChI is InChI=1S/C33H47FO6/c1-3-5-7-9-11-13-15-21-30(35)40-33(23-22-27(31(36)37)29(34)25-33)28-20-17-16-19-26(28)32(38)39-24-18-14-12-10-8-6-4-2/h16-17,19-20,22-23,25,27H,3-15,18,21,24H2,1-2H3,(H,36,37). The number of rotatable bonds is 20. The number of unbranched alkanes of at least 4 members (excludes halogenated alkanes) is 12. The predicted octanol–water partition coefficient (Wildman–Crippen LogP) is 8.60. The van der Waals surface area contributed by atoms with Crippen LogP contribution in [0.2, 0.25) is 0 Å². The van der Waals surface area contributed by atoms with Crippen LogP contribution in [0.4, 0.5) is 4.39 Å². The molecule has 0 fully saturated rings. The van der Waals surface area contributed by atoms with E-state index in [1.807, 2.05) is 0 Å². The van der Waals surface area contributed by atoms with Crippen molar-refractivity contribution in [3.8, 4) is 0 Å². The van der Waals surface area contributed by atoms with Gasteiger partial charge >= 0.3 is 17.9 Å². The van der Waals surface area contributed by atoms with Gasteiger partial charge in [0.2, 0.25) is 0 Å². The first-order chi connectivity index (χ1) is 19.3. The topological polar surface area (TPSA) is 89.9 Å². The van der Waals surface area contributed by atoms with Crippen LogP contribution in [0, 0.1) is 5.92 Å². The molecule has 2 rings (SSSR count). The lowest BCUT2D eigenvalue weighted by Crippen LogP contribution is -2.34. The van der Waals surface area contributed by atoms with Crippen molar-refractivity contribution in [3.63, 3.8) is 0 Å². The zero-order valence-corrected chi connectivity index (χ0v) is 24.3. The first kappa shape index (κ1) is 33.2. The van der Waals surface area contributed by atoms with Crippen molar-refractivity contribution in [1.29, 1.82) is 0 Å². The second kappa shape index (κ2) is 18.4. The van der Waals surface area contributed by atoms with Crippen molar-refractivity contribution in [2.45, 2.75) is 116 Å². The maximum absolute atomic E-state index is 15.0. The van der Waals surface area contributed by atoms with Gasteiger partial charge in [-0.05, 0) is 25.0 Å². The number of carboxylic acids is 1. The van der Waals surface area contributed by atoms with Crippen LogP contribution < -0.4 is 0 Å². The van der Waals surface area contributed by atoms with Crippen LogP contribution in [-0.4, -0.2) is 29.6 Å². The Balaban J connectivity index is 2.12. The van der Waals surface area contributed by atoms with Crippen molar-refractivity contribution in [2.75, 3.05) is 6.61 Å². The molecule has 0 amide bonds. The number of ether oxygens (including phenoxy) is 2. The van der Waals surface area contributed by atoms with E-state index in [0.717, 1.165) is 44.6 Å². The quantitative estimate of drug-likeness (QED) is 0.0979. The number of esters is 2. The SMILES string of the molecule is CCCCCCCCCOC(=O)c1ccccc1C1(OC(=O)CCCCCCCCC)C=CC(C(=O)O)C(F)=C1. The third kappa shape index (κ3) is 10.9. The fraction of sp³-hybridized carbons (Fsp3) is 0.606. The lowest BCUT2D eigenvalue weighted by molar-refractivity contribution is -0.152. The zero-order chi connectivity index (χ0) is 29.2. The molecule has 1 N–H and O–H groups in total. The summed E-state index contributed by atoms with van der Waals surface area (Å²) in [6, 6.07) is 6.46. The Bertz CT molecular complexity index is 1000. The monoisotopic (exact) mass is 558 g/mol. The Hall–Kier alpha value is -2.96. The Morgan fingerprint density at radius 2 is 1.43 bits per heavy atom. The molecule has 0 radical (unpaired) electrons. The van der Waals surface area contributed by atoms with E-state index in [9.17, 15) is 19.5 Å². The van der Waals surface area contributed by atoms with E-state index in [4.69, 9.17) is 9.47 Å². The number of halogens is 1. The van der Waals surface area contributed by atoms with Gasteiger partial charge in [0.25, 0.3) is 0 Å². The highest BCUT2D eigenvalue weighted by atomic mass is 19.1. The summed E-state index contributed by atoms with van der Waals surface area (Å²) in [6.07, 6.45) is 18.5. The van der Waals surface area contributed by atoms with Crippen LogP contribution in [0.15, 0.2) is 48.3 Å². The number of carbonyl (C=O) groups is 3. The van der Waals surface area contributed by atoms with E-state index in [0.29, 0.717) is 6.42 Å². The average Bonchev–Trinajstić information content (AvgIpc) is 2.93. The van der Waals surface area contributed by atoms with Crippen LogP contribution in [0.25, 0.3) is 0 Å². The minimum Gasteiger partial charge on any atom is -0.480 e. The maximum Gasteiger partial charge on any atom is 0.338 e. The summed E-state index contributed by atoms with van der Waals surface area (Å²) in [7, 11) is 0. The van der Waals surface area contributed by atoms with Gasteiger partial charge in [-0.2, -0.15) is 0 Å². The highest BCUT2D eigenvalue weighted by molar-refractivity contribution is 5.92. The van der Waals surface area contributed by atoms with Crippen LogP contribution in [0.5, 0.6) is 0 Å². The molecular weight excluding hydrogens is 511 g/mol. The smallest absolute Gasteiger partial charge is 0.338 e. The molecule has 0 spiro atoms. The molecule has 1 aliphatic carbocycles. The molecule has 7 heteroatoms. The molecular formula is C33H47FO6. The van der Waals surface area contributed by atoms with Crippen molar-refractivity contribution in [1.82, 2.24) is 0 Å². The number of carbonyl (C=O) groups excluding carboxylic acids is 2. The predicted molar refractivity (Wildman–Crippen MR) is 155 cm³/mol. The Morgan fingerprint density at radius 1 is 0.850 bits per heavy atom. The van der Waals surface area contributed by atoms with E-state index in [-0.39, 0.29) is 24.2 Å². The minimum atomic E-state index is -1.75. The molecule has 0 aliphatic heterocycles. The van der Waals surface area contributed by atoms with Gasteiger partial charge in [0.05, 0.1) is 12.2 Å². The highest BCUT2D eigenvalue weighted by Crippen LogP contribution is 2.39. The van der Waals surface area contributed by atoms with Crippen LogP contribution in [-0.2, 0) is 24.7 Å². The van der Waals surface area contributed by atoms with Gasteiger partial charge in [0.15, 0.2) is 5.60 Å². The highest BCUT2D eigenvalue weighted by Gasteiger charge is 2.41. The fourth-order valence-corrected chi connectivity index (χ4v) is 4.93. The van der Waals surface area contributed by atoms with Gasteiger partial charge in [0, 0.05) is 18.1 Å². The van der Waals surface area contributed by atoms with Crippen LogP contribution in [0.3, 0.4) is 0 Å². The van der Waals surface area contributed by atoms with E-state index >= 15 is 4.39 Å². The maximum atomic E-state index is 15.0. The van der Waals surface area contributed by atoms with Gasteiger partial charge in [-0.15, -0.1) is 0 Å².